The van der Waals surface area contributed by atoms with Crippen LogP contribution < -0.4 is 0 Å². The van der Waals surface area contributed by atoms with Crippen LogP contribution >= 0.6 is 34.8 Å². The van der Waals surface area contributed by atoms with E-state index in [-0.39, 0.29) is 36.2 Å². The molecule has 0 aliphatic rings. The summed E-state index contributed by atoms with van der Waals surface area (Å²) in [5.74, 6) is 0. The van der Waals surface area contributed by atoms with Gasteiger partial charge in [-0.15, -0.1) is 0 Å². The second kappa shape index (κ2) is 16.0. The summed E-state index contributed by atoms with van der Waals surface area (Å²) < 4.78 is 30.0. The summed E-state index contributed by atoms with van der Waals surface area (Å²) in [6, 6.07) is 0. The van der Waals surface area contributed by atoms with Crippen molar-refractivity contribution in [3.8, 4) is 0 Å². The van der Waals surface area contributed by atoms with Crippen molar-refractivity contribution in [3.63, 3.8) is 0 Å². The third-order valence-electron chi connectivity index (χ3n) is 3.09. The van der Waals surface area contributed by atoms with E-state index in [0.717, 1.165) is 12.8 Å². The molecule has 0 saturated heterocycles. The van der Waals surface area contributed by atoms with Crippen molar-refractivity contribution in [1.29, 1.82) is 0 Å². The molecule has 4 nitrogen and oxygen atoms in total. The molecule has 0 radical (unpaired) electrons. The van der Waals surface area contributed by atoms with Gasteiger partial charge < -0.3 is 0 Å². The fourth-order valence-corrected chi connectivity index (χ4v) is 2.99. The molecule has 0 unspecified atom stereocenters. The van der Waals surface area contributed by atoms with Gasteiger partial charge in [0.25, 0.3) is 0 Å². The van der Waals surface area contributed by atoms with Gasteiger partial charge in [-0.1, -0.05) is 99.5 Å². The van der Waals surface area contributed by atoms with E-state index in [2.05, 4.69) is 15.3 Å². The van der Waals surface area contributed by atoms with Gasteiger partial charge in [-0.2, -0.15) is 8.42 Å². The first-order valence-electron chi connectivity index (χ1n) is 7.87. The Morgan fingerprint density at radius 2 is 1.22 bits per heavy atom. The van der Waals surface area contributed by atoms with Crippen molar-refractivity contribution >= 4 is 74.8 Å². The molecule has 9 heteroatoms. The molecule has 0 amide bonds. The molecule has 0 saturated carbocycles. The van der Waals surface area contributed by atoms with Crippen molar-refractivity contribution in [2.75, 3.05) is 13.2 Å². The minimum atomic E-state index is -4.08. The van der Waals surface area contributed by atoms with Gasteiger partial charge in [0.15, 0.2) is 0 Å². The minimum absolute atomic E-state index is 0. The Morgan fingerprint density at radius 3 is 1.65 bits per heavy atom. The molecular formula is C14H28Cl3NaO4S. The number of unbranched alkanes of at least 4 members (excludes halogenated alkanes) is 9. The molecule has 0 rings (SSSR count). The molecular weight excluding hydrogens is 394 g/mol. The van der Waals surface area contributed by atoms with Gasteiger partial charge in [-0.3, -0.25) is 0 Å². The maximum absolute atomic E-state index is 11.3. The van der Waals surface area contributed by atoms with Gasteiger partial charge in [0.1, 0.15) is 6.61 Å². The first-order valence-corrected chi connectivity index (χ1v) is 10.3. The topological polar surface area (TPSA) is 52.6 Å². The molecule has 0 aliphatic carbocycles. The van der Waals surface area contributed by atoms with Crippen LogP contribution in [0.1, 0.15) is 71.1 Å². The molecule has 0 bridgehead atoms. The molecule has 0 aliphatic heterocycles. The van der Waals surface area contributed by atoms with Crippen LogP contribution in [0, 0.1) is 0 Å². The van der Waals surface area contributed by atoms with Crippen molar-refractivity contribution in [3.05, 3.63) is 0 Å². The van der Waals surface area contributed by atoms with Crippen molar-refractivity contribution in [1.82, 2.24) is 0 Å². The molecule has 23 heavy (non-hydrogen) atoms. The average Bonchev–Trinajstić information content (AvgIpc) is 2.42. The Balaban J connectivity index is 0. The van der Waals surface area contributed by atoms with Crippen LogP contribution in [0.25, 0.3) is 0 Å². The normalized spacial score (nSPS) is 12.2. The monoisotopic (exact) mass is 420 g/mol. The van der Waals surface area contributed by atoms with Crippen LogP contribution in [0.4, 0.5) is 0 Å². The summed E-state index contributed by atoms with van der Waals surface area (Å²) in [6.45, 7) is 1.75. The molecule has 0 spiro atoms. The fraction of sp³-hybridized carbons (Fsp3) is 1.00. The van der Waals surface area contributed by atoms with Gasteiger partial charge in [-0.25, -0.2) is 8.37 Å². The summed E-state index contributed by atoms with van der Waals surface area (Å²) in [5.41, 5.74) is 0. The zero-order valence-electron chi connectivity index (χ0n) is 13.2. The van der Waals surface area contributed by atoms with Crippen molar-refractivity contribution in [2.24, 2.45) is 0 Å². The van der Waals surface area contributed by atoms with E-state index in [1.54, 1.807) is 0 Å². The van der Waals surface area contributed by atoms with E-state index < -0.39 is 20.8 Å². The number of hydrogen-bond donors (Lipinski definition) is 0. The standard InChI is InChI=1S/C14H27Cl3O4S.Na.H/c1-2-3-4-5-6-7-8-9-10-11-12-20-22(18,19)21-13-14(15,16)17;;/h2-13H2,1H3;;. The van der Waals surface area contributed by atoms with Crippen LogP contribution in [0.15, 0.2) is 0 Å². The van der Waals surface area contributed by atoms with Gasteiger partial charge in [0.2, 0.25) is 3.79 Å². The Kier molecular flexibility index (Phi) is 18.7. The molecule has 0 aromatic heterocycles. The Hall–Kier alpha value is 1.74. The van der Waals surface area contributed by atoms with E-state index >= 15 is 0 Å². The second-order valence-electron chi connectivity index (χ2n) is 5.29. The number of hydrogen-bond acceptors (Lipinski definition) is 4. The molecule has 0 N–H and O–H groups in total. The number of rotatable bonds is 14. The molecule has 0 aromatic rings. The number of halogens is 3. The summed E-state index contributed by atoms with van der Waals surface area (Å²) in [7, 11) is -4.08. The summed E-state index contributed by atoms with van der Waals surface area (Å²) in [4.78, 5) is 0. The molecule has 0 atom stereocenters. The van der Waals surface area contributed by atoms with Crippen LogP contribution in [-0.4, -0.2) is 55.0 Å². The zero-order chi connectivity index (χ0) is 16.9. The van der Waals surface area contributed by atoms with Crippen molar-refractivity contribution < 1.29 is 16.8 Å². The Labute approximate surface area is 178 Å². The third-order valence-corrected chi connectivity index (χ3v) is 4.28. The summed E-state index contributed by atoms with van der Waals surface area (Å²) in [6.07, 6.45) is 11.7. The van der Waals surface area contributed by atoms with Crippen LogP contribution in [0.5, 0.6) is 0 Å². The molecule has 0 heterocycles. The van der Waals surface area contributed by atoms with E-state index in [0.29, 0.717) is 6.42 Å². The second-order valence-corrected chi connectivity index (χ2v) is 9.09. The number of alkyl halides is 3. The first kappa shape index (κ1) is 27.0. The van der Waals surface area contributed by atoms with E-state index in [4.69, 9.17) is 34.8 Å². The maximum atomic E-state index is 11.3. The first-order chi connectivity index (χ1) is 10.3. The van der Waals surface area contributed by atoms with Crippen LogP contribution in [0.3, 0.4) is 0 Å². The van der Waals surface area contributed by atoms with Crippen LogP contribution in [0.2, 0.25) is 0 Å². The zero-order valence-corrected chi connectivity index (χ0v) is 16.2. The fourth-order valence-electron chi connectivity index (χ4n) is 1.92. The van der Waals surface area contributed by atoms with E-state index in [9.17, 15) is 8.42 Å². The Bertz CT molecular complexity index is 362. The van der Waals surface area contributed by atoms with Crippen LogP contribution in [-0.2, 0) is 18.8 Å². The van der Waals surface area contributed by atoms with E-state index in [1.165, 1.54) is 44.9 Å². The van der Waals surface area contributed by atoms with Crippen molar-refractivity contribution in [2.45, 2.75) is 74.9 Å². The quantitative estimate of drug-likeness (QED) is 0.227. The summed E-state index contributed by atoms with van der Waals surface area (Å²) in [5, 5.41) is 0. The summed E-state index contributed by atoms with van der Waals surface area (Å²) >= 11 is 16.2. The predicted molar refractivity (Wildman–Crippen MR) is 100 cm³/mol. The third kappa shape index (κ3) is 21.7. The van der Waals surface area contributed by atoms with Gasteiger partial charge in [-0.05, 0) is 6.42 Å². The van der Waals surface area contributed by atoms with Gasteiger partial charge >= 0.3 is 40.0 Å². The molecule has 136 valence electrons. The molecule has 0 fully saturated rings. The van der Waals surface area contributed by atoms with Gasteiger partial charge in [0.05, 0.1) is 6.61 Å². The molecule has 0 aromatic carbocycles. The van der Waals surface area contributed by atoms with Gasteiger partial charge in [0, 0.05) is 0 Å². The average molecular weight is 422 g/mol. The Morgan fingerprint density at radius 1 is 0.783 bits per heavy atom. The van der Waals surface area contributed by atoms with E-state index in [1.807, 2.05) is 0 Å². The predicted octanol–water partition coefficient (Wildman–Crippen LogP) is 4.91. The SMILES string of the molecule is CCCCCCCCCCCCOS(=O)(=O)OCC(Cl)(Cl)Cl.[NaH].